The summed E-state index contributed by atoms with van der Waals surface area (Å²) in [6, 6.07) is 3.89. The van der Waals surface area contributed by atoms with Gasteiger partial charge in [0.25, 0.3) is 0 Å². The van der Waals surface area contributed by atoms with Gasteiger partial charge in [0, 0.05) is 6.07 Å². The quantitative estimate of drug-likeness (QED) is 0.466. The third kappa shape index (κ3) is 2.80. The first-order valence-corrected chi connectivity index (χ1v) is 4.22. The van der Waals surface area contributed by atoms with Crippen molar-refractivity contribution in [2.45, 2.75) is 6.61 Å². The van der Waals surface area contributed by atoms with E-state index in [1.165, 1.54) is 18.2 Å². The summed E-state index contributed by atoms with van der Waals surface area (Å²) in [5.74, 6) is 4.04. The first-order valence-electron chi connectivity index (χ1n) is 4.22. The van der Waals surface area contributed by atoms with E-state index in [0.717, 1.165) is 7.11 Å². The largest absolute Gasteiger partial charge is 0.465 e. The Morgan fingerprint density at radius 1 is 1.50 bits per heavy atom. The molecule has 0 fully saturated rings. The average Bonchev–Trinajstić information content (AvgIpc) is 2.27. The highest BCUT2D eigenvalue weighted by molar-refractivity contribution is 5.93. The van der Waals surface area contributed by atoms with E-state index in [9.17, 15) is 13.6 Å². The number of esters is 1. The molecule has 0 aliphatic carbocycles. The number of rotatable bonds is 4. The topological polar surface area (TPSA) is 73.6 Å². The molecule has 0 spiro atoms. The van der Waals surface area contributed by atoms with Gasteiger partial charge in [-0.15, -0.1) is 0 Å². The van der Waals surface area contributed by atoms with Crippen molar-refractivity contribution in [1.29, 1.82) is 0 Å². The van der Waals surface area contributed by atoms with E-state index >= 15 is 0 Å². The standard InChI is InChI=1S/C9H10F2N2O3/c1-15-8(14)6-3-2-5(13-12)4-7(6)16-9(10)11/h2-4,9,13H,12H2,1H3. The van der Waals surface area contributed by atoms with Crippen LogP contribution in [0.3, 0.4) is 0 Å². The molecule has 7 heteroatoms. The molecule has 5 nitrogen and oxygen atoms in total. The van der Waals surface area contributed by atoms with Crippen LogP contribution in [-0.4, -0.2) is 19.7 Å². The third-order valence-electron chi connectivity index (χ3n) is 1.77. The molecule has 0 radical (unpaired) electrons. The van der Waals surface area contributed by atoms with Crippen molar-refractivity contribution in [1.82, 2.24) is 0 Å². The van der Waals surface area contributed by atoms with E-state index in [4.69, 9.17) is 5.84 Å². The summed E-state index contributed by atoms with van der Waals surface area (Å²) in [6.45, 7) is -3.03. The van der Waals surface area contributed by atoms with Crippen LogP contribution in [0.5, 0.6) is 5.75 Å². The zero-order valence-corrected chi connectivity index (χ0v) is 8.37. The number of halogens is 2. The predicted molar refractivity (Wildman–Crippen MR) is 52.2 cm³/mol. The van der Waals surface area contributed by atoms with Gasteiger partial charge in [-0.05, 0) is 12.1 Å². The van der Waals surface area contributed by atoms with Gasteiger partial charge in [-0.1, -0.05) is 0 Å². The Morgan fingerprint density at radius 2 is 2.19 bits per heavy atom. The van der Waals surface area contributed by atoms with Crippen molar-refractivity contribution in [2.75, 3.05) is 12.5 Å². The molecule has 0 aromatic heterocycles. The molecule has 0 unspecified atom stereocenters. The summed E-state index contributed by atoms with van der Waals surface area (Å²) >= 11 is 0. The zero-order valence-electron chi connectivity index (χ0n) is 8.37. The van der Waals surface area contributed by atoms with Crippen molar-refractivity contribution in [3.63, 3.8) is 0 Å². The van der Waals surface area contributed by atoms with Crippen LogP contribution < -0.4 is 16.0 Å². The molecule has 0 aliphatic rings. The van der Waals surface area contributed by atoms with Gasteiger partial charge in [-0.3, -0.25) is 5.84 Å². The van der Waals surface area contributed by atoms with E-state index in [1.807, 2.05) is 0 Å². The maximum atomic E-state index is 12.1. The number of nitrogens with two attached hydrogens (primary N) is 1. The molecule has 1 aromatic rings. The lowest BCUT2D eigenvalue weighted by atomic mass is 10.2. The second-order valence-electron chi connectivity index (χ2n) is 2.73. The first-order chi connectivity index (χ1) is 7.58. The van der Waals surface area contributed by atoms with E-state index in [0.29, 0.717) is 5.69 Å². The number of benzene rings is 1. The Bertz CT molecular complexity index is 385. The molecule has 0 aliphatic heterocycles. The van der Waals surface area contributed by atoms with Crippen molar-refractivity contribution >= 4 is 11.7 Å². The van der Waals surface area contributed by atoms with Crippen LogP contribution in [0.2, 0.25) is 0 Å². The van der Waals surface area contributed by atoms with Crippen molar-refractivity contribution in [3.8, 4) is 5.75 Å². The number of carbonyl (C=O) groups is 1. The van der Waals surface area contributed by atoms with E-state index < -0.39 is 12.6 Å². The Hall–Kier alpha value is -1.89. The number of anilines is 1. The maximum Gasteiger partial charge on any atom is 0.387 e. The molecular formula is C9H10F2N2O3. The van der Waals surface area contributed by atoms with Gasteiger partial charge in [-0.25, -0.2) is 4.79 Å². The Morgan fingerprint density at radius 3 is 2.69 bits per heavy atom. The van der Waals surface area contributed by atoms with E-state index in [-0.39, 0.29) is 11.3 Å². The minimum Gasteiger partial charge on any atom is -0.465 e. The minimum absolute atomic E-state index is 0.0956. The monoisotopic (exact) mass is 232 g/mol. The number of alkyl halides is 2. The van der Waals surface area contributed by atoms with Crippen LogP contribution in [-0.2, 0) is 4.74 Å². The summed E-state index contributed by atoms with van der Waals surface area (Å²) in [6.07, 6.45) is 0. The van der Waals surface area contributed by atoms with Crippen LogP contribution in [0, 0.1) is 0 Å². The van der Waals surface area contributed by atoms with Crippen LogP contribution in [0.15, 0.2) is 18.2 Å². The smallest absolute Gasteiger partial charge is 0.387 e. The van der Waals surface area contributed by atoms with Gasteiger partial charge in [-0.2, -0.15) is 8.78 Å². The number of hydrazine groups is 1. The highest BCUT2D eigenvalue weighted by Crippen LogP contribution is 2.25. The Labute approximate surface area is 90.1 Å². The molecule has 16 heavy (non-hydrogen) atoms. The Kier molecular flexibility index (Phi) is 4.01. The van der Waals surface area contributed by atoms with Gasteiger partial charge in [0.15, 0.2) is 0 Å². The molecule has 1 rings (SSSR count). The van der Waals surface area contributed by atoms with Crippen molar-refractivity contribution in [2.24, 2.45) is 5.84 Å². The molecule has 0 saturated heterocycles. The van der Waals surface area contributed by atoms with Crippen LogP contribution in [0.4, 0.5) is 14.5 Å². The van der Waals surface area contributed by atoms with Crippen molar-refractivity contribution in [3.05, 3.63) is 23.8 Å². The van der Waals surface area contributed by atoms with Crippen LogP contribution in [0.1, 0.15) is 10.4 Å². The number of ether oxygens (including phenoxy) is 2. The number of hydrogen-bond acceptors (Lipinski definition) is 5. The molecule has 1 aromatic carbocycles. The van der Waals surface area contributed by atoms with Crippen LogP contribution in [0.25, 0.3) is 0 Å². The lowest BCUT2D eigenvalue weighted by molar-refractivity contribution is -0.0503. The predicted octanol–water partition coefficient (Wildman–Crippen LogP) is 1.36. The molecule has 0 saturated carbocycles. The first kappa shape index (κ1) is 12.2. The summed E-state index contributed by atoms with van der Waals surface area (Å²) in [5.41, 5.74) is 2.49. The van der Waals surface area contributed by atoms with E-state index in [1.54, 1.807) is 0 Å². The number of methoxy groups -OCH3 is 1. The lowest BCUT2D eigenvalue weighted by Gasteiger charge is -2.10. The molecule has 0 bridgehead atoms. The van der Waals surface area contributed by atoms with Crippen molar-refractivity contribution < 1.29 is 23.0 Å². The lowest BCUT2D eigenvalue weighted by Crippen LogP contribution is -2.11. The second kappa shape index (κ2) is 5.26. The average molecular weight is 232 g/mol. The molecular weight excluding hydrogens is 222 g/mol. The van der Waals surface area contributed by atoms with Gasteiger partial charge < -0.3 is 14.9 Å². The molecule has 0 amide bonds. The van der Waals surface area contributed by atoms with Gasteiger partial charge in [0.1, 0.15) is 11.3 Å². The normalized spacial score (nSPS) is 10.1. The summed E-state index contributed by atoms with van der Waals surface area (Å²) < 4.78 is 32.8. The molecule has 88 valence electrons. The highest BCUT2D eigenvalue weighted by Gasteiger charge is 2.16. The van der Waals surface area contributed by atoms with Crippen LogP contribution >= 0.6 is 0 Å². The minimum atomic E-state index is -3.03. The number of nitrogen functional groups attached to an aromatic ring is 1. The summed E-state index contributed by atoms with van der Waals surface area (Å²) in [7, 11) is 1.14. The SMILES string of the molecule is COC(=O)c1ccc(NN)cc1OC(F)F. The molecule has 0 heterocycles. The Balaban J connectivity index is 3.10. The maximum absolute atomic E-state index is 12.1. The fourth-order valence-electron chi connectivity index (χ4n) is 1.08. The fourth-order valence-corrected chi connectivity index (χ4v) is 1.08. The number of nitrogens with one attached hydrogen (secondary N) is 1. The van der Waals surface area contributed by atoms with Gasteiger partial charge in [0.05, 0.1) is 12.8 Å². The number of carbonyl (C=O) groups excluding carboxylic acids is 1. The van der Waals surface area contributed by atoms with Gasteiger partial charge in [0.2, 0.25) is 0 Å². The van der Waals surface area contributed by atoms with Gasteiger partial charge >= 0.3 is 12.6 Å². The molecule has 3 N–H and O–H groups in total. The zero-order chi connectivity index (χ0) is 12.1. The third-order valence-corrected chi connectivity index (χ3v) is 1.77. The second-order valence-corrected chi connectivity index (χ2v) is 2.73. The number of hydrogen-bond donors (Lipinski definition) is 2. The summed E-state index contributed by atoms with van der Waals surface area (Å²) in [5, 5.41) is 0. The fraction of sp³-hybridized carbons (Fsp3) is 0.222. The van der Waals surface area contributed by atoms with E-state index in [2.05, 4.69) is 14.9 Å². The highest BCUT2D eigenvalue weighted by atomic mass is 19.3. The summed E-state index contributed by atoms with van der Waals surface area (Å²) in [4.78, 5) is 11.2. The molecule has 0 atom stereocenters.